The number of piperazine rings is 1. The Morgan fingerprint density at radius 2 is 1.81 bits per heavy atom. The molecule has 0 aromatic heterocycles. The second-order valence-electron chi connectivity index (χ2n) is 9.69. The molecule has 32 heavy (non-hydrogen) atoms. The van der Waals surface area contributed by atoms with Crippen molar-refractivity contribution in [3.63, 3.8) is 0 Å². The number of carbonyl (C=O) groups excluding carboxylic acids is 3. The van der Waals surface area contributed by atoms with Crippen LogP contribution in [0.3, 0.4) is 0 Å². The highest BCUT2D eigenvalue weighted by Crippen LogP contribution is 2.25. The lowest BCUT2D eigenvalue weighted by molar-refractivity contribution is -0.157. The molecule has 1 aliphatic carbocycles. The van der Waals surface area contributed by atoms with Gasteiger partial charge >= 0.3 is 0 Å². The zero-order chi connectivity index (χ0) is 23.1. The molecule has 3 atom stereocenters. The lowest BCUT2D eigenvalue weighted by Crippen LogP contribution is -2.69. The molecule has 2 N–H and O–H groups in total. The third kappa shape index (κ3) is 5.90. The van der Waals surface area contributed by atoms with Crippen molar-refractivity contribution in [2.45, 2.75) is 103 Å². The number of nitrogens with one attached hydrogen (secondary N) is 2. The van der Waals surface area contributed by atoms with Gasteiger partial charge in [-0.3, -0.25) is 14.4 Å². The summed E-state index contributed by atoms with van der Waals surface area (Å²) in [5.41, 5.74) is 0.992. The maximum absolute atomic E-state index is 13.7. The Balaban J connectivity index is 1.86. The predicted molar refractivity (Wildman–Crippen MR) is 126 cm³/mol. The van der Waals surface area contributed by atoms with Gasteiger partial charge < -0.3 is 15.5 Å². The molecule has 1 aromatic rings. The van der Waals surface area contributed by atoms with Gasteiger partial charge in [-0.1, -0.05) is 83.2 Å². The Morgan fingerprint density at radius 1 is 1.12 bits per heavy atom. The van der Waals surface area contributed by atoms with E-state index in [1.54, 1.807) is 4.90 Å². The number of hydrogen-bond acceptors (Lipinski definition) is 3. The van der Waals surface area contributed by atoms with Crippen molar-refractivity contribution in [1.82, 2.24) is 15.5 Å². The molecule has 1 aromatic carbocycles. The van der Waals surface area contributed by atoms with Crippen LogP contribution in [0.25, 0.3) is 0 Å². The molecule has 1 saturated heterocycles. The number of hydrogen-bond donors (Lipinski definition) is 2. The minimum absolute atomic E-state index is 0.0803. The number of amides is 3. The summed E-state index contributed by atoms with van der Waals surface area (Å²) in [6, 6.07) is 8.00. The third-order valence-electron chi connectivity index (χ3n) is 6.77. The molecule has 0 radical (unpaired) electrons. The van der Waals surface area contributed by atoms with Crippen molar-refractivity contribution < 1.29 is 14.4 Å². The van der Waals surface area contributed by atoms with E-state index in [-0.39, 0.29) is 29.7 Å². The van der Waals surface area contributed by atoms with Gasteiger partial charge in [-0.25, -0.2) is 0 Å². The lowest BCUT2D eigenvalue weighted by Gasteiger charge is -2.44. The standard InChI is InChI=1S/C26H39N3O3/c1-4-5-16-22(24(30)27-20-14-10-7-11-15-20)29-23(18(2)3)25(31)28-21(26(29)32)17-19-12-8-6-9-13-19/h6,8-9,12-13,18,20-23H,4-5,7,10-11,14-17H2,1-3H3,(H,27,30)(H,28,31)/t21-,22?,23-/m0/s1. The summed E-state index contributed by atoms with van der Waals surface area (Å²) in [6.07, 6.45) is 8.23. The van der Waals surface area contributed by atoms with Gasteiger partial charge in [-0.15, -0.1) is 0 Å². The normalized spacial score (nSPS) is 23.2. The van der Waals surface area contributed by atoms with Crippen LogP contribution in [0, 0.1) is 5.92 Å². The quantitative estimate of drug-likeness (QED) is 0.615. The van der Waals surface area contributed by atoms with Crippen LogP contribution in [0.5, 0.6) is 0 Å². The fourth-order valence-electron chi connectivity index (χ4n) is 5.06. The summed E-state index contributed by atoms with van der Waals surface area (Å²) >= 11 is 0. The molecule has 2 aliphatic rings. The molecule has 3 rings (SSSR count). The number of carbonyl (C=O) groups is 3. The van der Waals surface area contributed by atoms with Crippen LogP contribution < -0.4 is 10.6 Å². The maximum atomic E-state index is 13.7. The summed E-state index contributed by atoms with van der Waals surface area (Å²) < 4.78 is 0. The fourth-order valence-corrected chi connectivity index (χ4v) is 5.06. The summed E-state index contributed by atoms with van der Waals surface area (Å²) in [4.78, 5) is 42.0. The van der Waals surface area contributed by atoms with E-state index in [0.29, 0.717) is 12.8 Å². The van der Waals surface area contributed by atoms with E-state index in [0.717, 1.165) is 44.1 Å². The van der Waals surface area contributed by atoms with E-state index in [9.17, 15) is 14.4 Å². The van der Waals surface area contributed by atoms with Gasteiger partial charge in [0, 0.05) is 12.5 Å². The molecule has 6 heteroatoms. The van der Waals surface area contributed by atoms with E-state index in [1.807, 2.05) is 44.2 Å². The van der Waals surface area contributed by atoms with E-state index < -0.39 is 18.1 Å². The Kier molecular flexibility index (Phi) is 8.71. The zero-order valence-corrected chi connectivity index (χ0v) is 19.8. The van der Waals surface area contributed by atoms with Crippen molar-refractivity contribution in [1.29, 1.82) is 0 Å². The molecular formula is C26H39N3O3. The molecular weight excluding hydrogens is 402 g/mol. The molecule has 0 spiro atoms. The average Bonchev–Trinajstić information content (AvgIpc) is 2.78. The molecule has 1 unspecified atom stereocenters. The Hall–Kier alpha value is -2.37. The van der Waals surface area contributed by atoms with Gasteiger partial charge in [0.15, 0.2) is 0 Å². The van der Waals surface area contributed by atoms with Crippen LogP contribution in [0.2, 0.25) is 0 Å². The second-order valence-corrected chi connectivity index (χ2v) is 9.69. The zero-order valence-electron chi connectivity index (χ0n) is 19.8. The minimum atomic E-state index is -0.647. The van der Waals surface area contributed by atoms with Gasteiger partial charge in [-0.2, -0.15) is 0 Å². The third-order valence-corrected chi connectivity index (χ3v) is 6.77. The van der Waals surface area contributed by atoms with Crippen molar-refractivity contribution >= 4 is 17.7 Å². The molecule has 0 bridgehead atoms. The number of rotatable bonds is 9. The van der Waals surface area contributed by atoms with Gasteiger partial charge in [-0.05, 0) is 30.7 Å². The Labute approximate surface area is 192 Å². The van der Waals surface area contributed by atoms with Gasteiger partial charge in [0.2, 0.25) is 17.7 Å². The largest absolute Gasteiger partial charge is 0.352 e. The van der Waals surface area contributed by atoms with E-state index >= 15 is 0 Å². The van der Waals surface area contributed by atoms with Gasteiger partial charge in [0.25, 0.3) is 0 Å². The smallest absolute Gasteiger partial charge is 0.246 e. The fraction of sp³-hybridized carbons (Fsp3) is 0.654. The molecule has 176 valence electrons. The molecule has 1 saturated carbocycles. The number of unbranched alkanes of at least 4 members (excludes halogenated alkanes) is 1. The second kappa shape index (κ2) is 11.5. The highest BCUT2D eigenvalue weighted by molar-refractivity contribution is 6.00. The molecule has 1 aliphatic heterocycles. The summed E-state index contributed by atoms with van der Waals surface area (Å²) in [7, 11) is 0. The summed E-state index contributed by atoms with van der Waals surface area (Å²) in [5.74, 6) is -0.486. The highest BCUT2D eigenvalue weighted by Gasteiger charge is 2.46. The van der Waals surface area contributed by atoms with Crippen LogP contribution in [-0.4, -0.2) is 46.8 Å². The first kappa shape index (κ1) is 24.3. The summed E-state index contributed by atoms with van der Waals surface area (Å²) in [5, 5.41) is 6.17. The van der Waals surface area contributed by atoms with Gasteiger partial charge in [0.1, 0.15) is 18.1 Å². The topological polar surface area (TPSA) is 78.5 Å². The monoisotopic (exact) mass is 441 g/mol. The van der Waals surface area contributed by atoms with Crippen LogP contribution >= 0.6 is 0 Å². The van der Waals surface area contributed by atoms with E-state index in [2.05, 4.69) is 17.6 Å². The van der Waals surface area contributed by atoms with E-state index in [4.69, 9.17) is 0 Å². The lowest BCUT2D eigenvalue weighted by atomic mass is 9.90. The van der Waals surface area contributed by atoms with Crippen molar-refractivity contribution in [2.24, 2.45) is 5.92 Å². The SMILES string of the molecule is CCCCC(C(=O)NC1CCCCC1)N1C(=O)[C@H](Cc2ccccc2)NC(=O)[C@@H]1C(C)C. The van der Waals surface area contributed by atoms with Crippen LogP contribution in [0.15, 0.2) is 30.3 Å². The van der Waals surface area contributed by atoms with Crippen LogP contribution in [-0.2, 0) is 20.8 Å². The van der Waals surface area contributed by atoms with Crippen molar-refractivity contribution in [3.8, 4) is 0 Å². The van der Waals surface area contributed by atoms with Crippen molar-refractivity contribution in [3.05, 3.63) is 35.9 Å². The number of benzene rings is 1. The predicted octanol–water partition coefficient (Wildman–Crippen LogP) is 3.59. The van der Waals surface area contributed by atoms with Crippen LogP contribution in [0.4, 0.5) is 0 Å². The Morgan fingerprint density at radius 3 is 2.44 bits per heavy atom. The molecule has 1 heterocycles. The van der Waals surface area contributed by atoms with Crippen LogP contribution in [0.1, 0.15) is 77.7 Å². The molecule has 3 amide bonds. The minimum Gasteiger partial charge on any atom is -0.352 e. The summed E-state index contributed by atoms with van der Waals surface area (Å²) in [6.45, 7) is 5.97. The first-order chi connectivity index (χ1) is 15.4. The maximum Gasteiger partial charge on any atom is 0.246 e. The highest BCUT2D eigenvalue weighted by atomic mass is 16.2. The Bertz CT molecular complexity index is 774. The number of nitrogens with zero attached hydrogens (tertiary/aromatic N) is 1. The average molecular weight is 442 g/mol. The molecule has 2 fully saturated rings. The molecule has 6 nitrogen and oxygen atoms in total. The first-order valence-electron chi connectivity index (χ1n) is 12.4. The van der Waals surface area contributed by atoms with Gasteiger partial charge in [0.05, 0.1) is 0 Å². The van der Waals surface area contributed by atoms with E-state index in [1.165, 1.54) is 6.42 Å². The van der Waals surface area contributed by atoms with Crippen molar-refractivity contribution in [2.75, 3.05) is 0 Å². The first-order valence-corrected chi connectivity index (χ1v) is 12.4.